The van der Waals surface area contributed by atoms with Crippen LogP contribution in [0.1, 0.15) is 0 Å². The average molecular weight is 123 g/mol. The van der Waals surface area contributed by atoms with Gasteiger partial charge in [0.05, 0.1) is 0 Å². The summed E-state index contributed by atoms with van der Waals surface area (Å²) >= 11 is 0. The lowest BCUT2D eigenvalue weighted by molar-refractivity contribution is -0.132. The lowest BCUT2D eigenvalue weighted by Gasteiger charge is -1.79. The molecule has 0 radical (unpaired) electrons. The summed E-state index contributed by atoms with van der Waals surface area (Å²) in [6, 6.07) is 0. The van der Waals surface area contributed by atoms with E-state index in [-0.39, 0.29) is 5.57 Å². The average Bonchev–Trinajstić information content (AvgIpc) is 1.90. The van der Waals surface area contributed by atoms with Crippen molar-refractivity contribution >= 4 is 5.97 Å². The van der Waals surface area contributed by atoms with Gasteiger partial charge in [0, 0.05) is 5.11 Å². The molecule has 0 fully saturated rings. The van der Waals surface area contributed by atoms with Gasteiger partial charge >= 0.3 is 5.97 Å². The van der Waals surface area contributed by atoms with E-state index in [0.29, 0.717) is 0 Å². The van der Waals surface area contributed by atoms with E-state index in [1.54, 1.807) is 0 Å². The third kappa shape index (κ3) is 1.17. The maximum absolute atomic E-state index is 10.1. The molecule has 9 heavy (non-hydrogen) atoms. The fraction of sp³-hybridized carbons (Fsp3) is 0. The van der Waals surface area contributed by atoms with Gasteiger partial charge in [0.15, 0.2) is 6.20 Å². The van der Waals surface area contributed by atoms with Gasteiger partial charge in [-0.1, -0.05) is 0 Å². The van der Waals surface area contributed by atoms with Crippen molar-refractivity contribution in [2.45, 2.75) is 0 Å². The molecule has 0 unspecified atom stereocenters. The predicted molar refractivity (Wildman–Crippen MR) is 28.4 cm³/mol. The molecule has 4 nitrogen and oxygen atoms in total. The predicted octanol–water partition coefficient (Wildman–Crippen LogP) is 0.738. The van der Waals surface area contributed by atoms with E-state index >= 15 is 0 Å². The van der Waals surface area contributed by atoms with Gasteiger partial charge in [-0.3, -0.25) is 0 Å². The van der Waals surface area contributed by atoms with Crippen LogP contribution in [0.2, 0.25) is 0 Å². The summed E-state index contributed by atoms with van der Waals surface area (Å²) in [5.41, 5.74) is 0.102. The molecule has 44 valence electrons. The second-order valence-electron chi connectivity index (χ2n) is 1.38. The number of aliphatic carboxylic acids is 1. The molecule has 0 aliphatic carbocycles. The molecule has 1 rings (SSSR count). The number of nitrogens with zero attached hydrogens (tertiary/aromatic N) is 2. The molecule has 1 N–H and O–H groups in total. The van der Waals surface area contributed by atoms with Crippen molar-refractivity contribution < 1.29 is 9.90 Å². The molecule has 0 amide bonds. The van der Waals surface area contributed by atoms with Crippen molar-refractivity contribution in [3.05, 3.63) is 24.0 Å². The number of rotatable bonds is 1. The first-order valence-corrected chi connectivity index (χ1v) is 2.23. The van der Waals surface area contributed by atoms with E-state index in [1.165, 1.54) is 12.3 Å². The molecule has 4 heteroatoms. The van der Waals surface area contributed by atoms with Crippen molar-refractivity contribution in [2.75, 3.05) is 0 Å². The number of hydrogen-bond acceptors (Lipinski definition) is 3. The number of carboxylic acids is 1. The van der Waals surface area contributed by atoms with Gasteiger partial charge < -0.3 is 5.11 Å². The Balaban J connectivity index is 2.84. The Kier molecular flexibility index (Phi) is 1.34. The first kappa shape index (κ1) is 5.59. The van der Waals surface area contributed by atoms with Gasteiger partial charge in [0.1, 0.15) is 0 Å². The highest BCUT2D eigenvalue weighted by Crippen LogP contribution is 2.02. The van der Waals surface area contributed by atoms with Gasteiger partial charge in [0.2, 0.25) is 17.8 Å². The van der Waals surface area contributed by atoms with E-state index in [9.17, 15) is 4.79 Å². The highest BCUT2D eigenvalue weighted by Gasteiger charge is 2.15. The Hall–Kier alpha value is -1.54. The molecule has 0 aromatic heterocycles. The first-order valence-electron chi connectivity index (χ1n) is 2.23. The molecule has 0 saturated heterocycles. The van der Waals surface area contributed by atoms with E-state index in [0.717, 1.165) is 0 Å². The molecule has 0 spiro atoms. The molecule has 0 atom stereocenters. The summed E-state index contributed by atoms with van der Waals surface area (Å²) in [6.45, 7) is 0. The molecule has 1 aliphatic rings. The minimum absolute atomic E-state index is 0.102. The van der Waals surface area contributed by atoms with E-state index in [4.69, 9.17) is 5.11 Å². The third-order valence-corrected chi connectivity index (χ3v) is 0.779. The van der Waals surface area contributed by atoms with Crippen LogP contribution in [0.25, 0.3) is 0 Å². The van der Waals surface area contributed by atoms with Crippen molar-refractivity contribution in [1.29, 1.82) is 0 Å². The zero-order valence-electron chi connectivity index (χ0n) is 4.40. The van der Waals surface area contributed by atoms with Crippen LogP contribution in [0, 0.1) is 6.20 Å². The molecular weight excluding hydrogens is 120 g/mol. The molecule has 0 aromatic carbocycles. The summed E-state index contributed by atoms with van der Waals surface area (Å²) in [5, 5.41) is 14.9. The topological polar surface area (TPSA) is 62.0 Å². The van der Waals surface area contributed by atoms with Gasteiger partial charge in [-0.15, -0.1) is 5.11 Å². The van der Waals surface area contributed by atoms with Gasteiger partial charge in [-0.2, -0.15) is 0 Å². The van der Waals surface area contributed by atoms with Gasteiger partial charge in [-0.05, 0) is 0 Å². The van der Waals surface area contributed by atoms with Crippen LogP contribution in [0.3, 0.4) is 0 Å². The van der Waals surface area contributed by atoms with Crippen LogP contribution in [0.4, 0.5) is 0 Å². The number of hydrogen-bond donors (Lipinski definition) is 1. The zero-order valence-corrected chi connectivity index (χ0v) is 4.40. The van der Waals surface area contributed by atoms with E-state index < -0.39 is 5.97 Å². The van der Waals surface area contributed by atoms with Crippen molar-refractivity contribution in [1.82, 2.24) is 0 Å². The number of carboxylic acid groups (broad SMARTS) is 1. The van der Waals surface area contributed by atoms with Crippen molar-refractivity contribution in [2.24, 2.45) is 10.2 Å². The SMILES string of the molecule is O=C(O)C1=CN=N[C+]=C1. The minimum atomic E-state index is -1.01. The second-order valence-corrected chi connectivity index (χ2v) is 1.38. The Morgan fingerprint density at radius 3 is 2.89 bits per heavy atom. The molecular formula is C5H3N2O2+. The first-order chi connectivity index (χ1) is 4.30. The second kappa shape index (κ2) is 2.15. The van der Waals surface area contributed by atoms with Crippen LogP contribution in [-0.4, -0.2) is 11.1 Å². The number of azo groups is 1. The lowest BCUT2D eigenvalue weighted by atomic mass is 10.3. The van der Waals surface area contributed by atoms with Gasteiger partial charge in [0.25, 0.3) is 0 Å². The summed E-state index contributed by atoms with van der Waals surface area (Å²) in [6.07, 6.45) is 4.73. The van der Waals surface area contributed by atoms with E-state index in [1.807, 2.05) is 0 Å². The summed E-state index contributed by atoms with van der Waals surface area (Å²) in [4.78, 5) is 10.1. The van der Waals surface area contributed by atoms with Crippen LogP contribution >= 0.6 is 0 Å². The smallest absolute Gasteiger partial charge is 0.424 e. The quantitative estimate of drug-likeness (QED) is 0.522. The monoisotopic (exact) mass is 123 g/mol. The van der Waals surface area contributed by atoms with Crippen molar-refractivity contribution in [3.8, 4) is 0 Å². The number of carbonyl (C=O) groups is 1. The zero-order chi connectivity index (χ0) is 6.69. The normalized spacial score (nSPS) is 14.4. The Bertz CT molecular complexity index is 215. The maximum Gasteiger partial charge on any atom is 0.424 e. The fourth-order valence-corrected chi connectivity index (χ4v) is 0.377. The largest absolute Gasteiger partial charge is 0.462 e. The summed E-state index contributed by atoms with van der Waals surface area (Å²) in [5.74, 6) is -1.01. The molecule has 0 saturated carbocycles. The maximum atomic E-state index is 10.1. The van der Waals surface area contributed by atoms with Crippen LogP contribution in [-0.2, 0) is 4.79 Å². The highest BCUT2D eigenvalue weighted by molar-refractivity contribution is 5.89. The summed E-state index contributed by atoms with van der Waals surface area (Å²) < 4.78 is 0. The Morgan fingerprint density at radius 1 is 1.78 bits per heavy atom. The Morgan fingerprint density at radius 2 is 2.56 bits per heavy atom. The van der Waals surface area contributed by atoms with E-state index in [2.05, 4.69) is 16.4 Å². The summed E-state index contributed by atoms with van der Waals surface area (Å²) in [7, 11) is 0. The van der Waals surface area contributed by atoms with Crippen LogP contribution in [0.5, 0.6) is 0 Å². The molecule has 0 bridgehead atoms. The molecule has 1 heterocycles. The standard InChI is InChI=1S/C5H2N2O2/c8-5(9)4-1-2-6-7-3-4/h1,3H/p+1. The lowest BCUT2D eigenvalue weighted by Crippen LogP contribution is -1.97. The van der Waals surface area contributed by atoms with Crippen molar-refractivity contribution in [3.63, 3.8) is 0 Å². The van der Waals surface area contributed by atoms with Crippen LogP contribution in [0.15, 0.2) is 28.1 Å². The third-order valence-electron chi connectivity index (χ3n) is 0.779. The Labute approximate surface area is 51.2 Å². The molecule has 0 aromatic rings. The highest BCUT2D eigenvalue weighted by atomic mass is 16.4. The van der Waals surface area contributed by atoms with Crippen LogP contribution < -0.4 is 0 Å². The van der Waals surface area contributed by atoms with Gasteiger partial charge in [-0.25, -0.2) is 4.79 Å². The fourth-order valence-electron chi connectivity index (χ4n) is 0.377. The molecule has 1 aliphatic heterocycles. The minimum Gasteiger partial charge on any atom is -0.462 e.